The molecule has 3 saturated heterocycles. The standard InChI is InChI=1S/C27H30N4O4S/c1-19-16-23(29-10-2-3-11-29)7-4-20(19)17-24-26(33)31(27(34)36-24)18-25(32)28-21-5-8-22(9-6-21)30-12-14-35-15-13-30/h4-9,16-17H,2-3,10-15,18H2,1H3,(H,28,32)/b24-17-. The van der Waals surface area contributed by atoms with Crippen LogP contribution in [0.25, 0.3) is 6.08 Å². The van der Waals surface area contributed by atoms with Crippen molar-refractivity contribution in [3.05, 3.63) is 58.5 Å². The zero-order valence-electron chi connectivity index (χ0n) is 20.4. The molecule has 0 saturated carbocycles. The molecule has 0 aromatic heterocycles. The van der Waals surface area contributed by atoms with Crippen LogP contribution in [0.2, 0.25) is 0 Å². The Morgan fingerprint density at radius 2 is 1.64 bits per heavy atom. The van der Waals surface area contributed by atoms with Gasteiger partial charge in [0.2, 0.25) is 5.91 Å². The lowest BCUT2D eigenvalue weighted by Gasteiger charge is -2.28. The first-order valence-electron chi connectivity index (χ1n) is 12.3. The molecule has 5 rings (SSSR count). The molecule has 0 spiro atoms. The molecule has 0 unspecified atom stereocenters. The van der Waals surface area contributed by atoms with Crippen molar-refractivity contribution in [3.8, 4) is 0 Å². The van der Waals surface area contributed by atoms with E-state index in [2.05, 4.69) is 27.2 Å². The highest BCUT2D eigenvalue weighted by atomic mass is 32.2. The summed E-state index contributed by atoms with van der Waals surface area (Å²) < 4.78 is 5.38. The van der Waals surface area contributed by atoms with E-state index in [1.165, 1.54) is 18.5 Å². The van der Waals surface area contributed by atoms with Crippen LogP contribution in [0.3, 0.4) is 0 Å². The van der Waals surface area contributed by atoms with Gasteiger partial charge in [-0.1, -0.05) is 6.07 Å². The molecule has 8 nitrogen and oxygen atoms in total. The van der Waals surface area contributed by atoms with Gasteiger partial charge in [0.25, 0.3) is 11.1 Å². The average Bonchev–Trinajstić information content (AvgIpc) is 3.51. The summed E-state index contributed by atoms with van der Waals surface area (Å²) in [7, 11) is 0. The Labute approximate surface area is 215 Å². The zero-order chi connectivity index (χ0) is 25.1. The number of benzene rings is 2. The third kappa shape index (κ3) is 5.42. The fraction of sp³-hybridized carbons (Fsp3) is 0.370. The van der Waals surface area contributed by atoms with E-state index < -0.39 is 17.1 Å². The van der Waals surface area contributed by atoms with Gasteiger partial charge in [-0.15, -0.1) is 0 Å². The van der Waals surface area contributed by atoms with E-state index in [4.69, 9.17) is 4.74 Å². The molecule has 3 amide bonds. The lowest BCUT2D eigenvalue weighted by atomic mass is 10.1. The number of ether oxygens (including phenoxy) is 1. The van der Waals surface area contributed by atoms with Crippen molar-refractivity contribution in [3.63, 3.8) is 0 Å². The van der Waals surface area contributed by atoms with E-state index in [1.54, 1.807) is 6.08 Å². The van der Waals surface area contributed by atoms with Crippen LogP contribution in [0.1, 0.15) is 24.0 Å². The molecular weight excluding hydrogens is 476 g/mol. The largest absolute Gasteiger partial charge is 0.378 e. The highest BCUT2D eigenvalue weighted by molar-refractivity contribution is 8.18. The molecule has 2 aromatic rings. The Morgan fingerprint density at radius 3 is 2.33 bits per heavy atom. The Kier molecular flexibility index (Phi) is 7.29. The Morgan fingerprint density at radius 1 is 0.972 bits per heavy atom. The number of anilines is 3. The van der Waals surface area contributed by atoms with Gasteiger partial charge in [0, 0.05) is 43.2 Å². The summed E-state index contributed by atoms with van der Waals surface area (Å²) in [4.78, 5) is 44.0. The second kappa shape index (κ2) is 10.8. The maximum absolute atomic E-state index is 12.9. The number of amides is 3. The van der Waals surface area contributed by atoms with E-state index in [0.717, 1.165) is 59.7 Å². The molecule has 1 N–H and O–H groups in total. The first kappa shape index (κ1) is 24.4. The molecule has 3 heterocycles. The van der Waals surface area contributed by atoms with Crippen LogP contribution in [0.4, 0.5) is 21.9 Å². The minimum atomic E-state index is -0.439. The molecule has 0 aliphatic carbocycles. The molecule has 0 atom stereocenters. The molecule has 9 heteroatoms. The average molecular weight is 507 g/mol. The van der Waals surface area contributed by atoms with Gasteiger partial charge >= 0.3 is 0 Å². The summed E-state index contributed by atoms with van der Waals surface area (Å²) in [6, 6.07) is 13.7. The monoisotopic (exact) mass is 506 g/mol. The summed E-state index contributed by atoms with van der Waals surface area (Å²) in [5.74, 6) is -0.852. The van der Waals surface area contributed by atoms with Crippen molar-refractivity contribution < 1.29 is 19.1 Å². The number of hydrogen-bond acceptors (Lipinski definition) is 7. The van der Waals surface area contributed by atoms with Crippen molar-refractivity contribution in [1.82, 2.24) is 4.90 Å². The molecule has 0 radical (unpaired) electrons. The van der Waals surface area contributed by atoms with E-state index in [9.17, 15) is 14.4 Å². The summed E-state index contributed by atoms with van der Waals surface area (Å²) >= 11 is 0.873. The van der Waals surface area contributed by atoms with Gasteiger partial charge < -0.3 is 19.9 Å². The fourth-order valence-electron chi connectivity index (χ4n) is 4.69. The zero-order valence-corrected chi connectivity index (χ0v) is 21.2. The van der Waals surface area contributed by atoms with Gasteiger partial charge in [0.15, 0.2) is 0 Å². The second-order valence-electron chi connectivity index (χ2n) is 9.20. The van der Waals surface area contributed by atoms with Gasteiger partial charge in [-0.25, -0.2) is 0 Å². The number of hydrogen-bond donors (Lipinski definition) is 1. The summed E-state index contributed by atoms with van der Waals surface area (Å²) in [5, 5.41) is 2.35. The molecule has 188 valence electrons. The van der Waals surface area contributed by atoms with E-state index in [0.29, 0.717) is 23.8 Å². The number of morpholine rings is 1. The number of imide groups is 1. The predicted octanol–water partition coefficient (Wildman–Crippen LogP) is 4.11. The van der Waals surface area contributed by atoms with Crippen LogP contribution in [-0.4, -0.2) is 67.9 Å². The highest BCUT2D eigenvalue weighted by Crippen LogP contribution is 2.33. The summed E-state index contributed by atoms with van der Waals surface area (Å²) in [6.07, 6.45) is 4.17. The van der Waals surface area contributed by atoms with E-state index in [-0.39, 0.29) is 6.54 Å². The number of aryl methyl sites for hydroxylation is 1. The van der Waals surface area contributed by atoms with E-state index >= 15 is 0 Å². The topological polar surface area (TPSA) is 82.2 Å². The van der Waals surface area contributed by atoms with E-state index in [1.807, 2.05) is 37.3 Å². The van der Waals surface area contributed by atoms with Crippen molar-refractivity contribution >= 4 is 52.0 Å². The normalized spacial score (nSPS) is 19.5. The number of rotatable bonds is 6. The molecule has 0 bridgehead atoms. The fourth-order valence-corrected chi connectivity index (χ4v) is 5.52. The first-order chi connectivity index (χ1) is 17.5. The Bertz CT molecular complexity index is 1180. The summed E-state index contributed by atoms with van der Waals surface area (Å²) in [5.41, 5.74) is 4.81. The highest BCUT2D eigenvalue weighted by Gasteiger charge is 2.36. The van der Waals surface area contributed by atoms with Crippen LogP contribution in [0.15, 0.2) is 47.4 Å². The molecule has 3 aliphatic heterocycles. The number of nitrogens with one attached hydrogen (secondary N) is 1. The number of nitrogens with zero attached hydrogens (tertiary/aromatic N) is 3. The predicted molar refractivity (Wildman–Crippen MR) is 143 cm³/mol. The van der Waals surface area contributed by atoms with Crippen molar-refractivity contribution in [1.29, 1.82) is 0 Å². The van der Waals surface area contributed by atoms with Crippen LogP contribution >= 0.6 is 11.8 Å². The molecule has 2 aromatic carbocycles. The minimum Gasteiger partial charge on any atom is -0.378 e. The van der Waals surface area contributed by atoms with Crippen molar-refractivity contribution in [2.75, 3.05) is 61.1 Å². The van der Waals surface area contributed by atoms with Gasteiger partial charge in [0.1, 0.15) is 6.54 Å². The second-order valence-corrected chi connectivity index (χ2v) is 10.2. The molecule has 36 heavy (non-hydrogen) atoms. The molecule has 3 aliphatic rings. The van der Waals surface area contributed by atoms with Crippen molar-refractivity contribution in [2.24, 2.45) is 0 Å². The Balaban J connectivity index is 1.20. The van der Waals surface area contributed by atoms with Gasteiger partial charge in [-0.05, 0) is 85.1 Å². The smallest absolute Gasteiger partial charge is 0.294 e. The van der Waals surface area contributed by atoms with Gasteiger partial charge in [0.05, 0.1) is 18.1 Å². The molecular formula is C27H30N4O4S. The van der Waals surface area contributed by atoms with Gasteiger partial charge in [-0.2, -0.15) is 0 Å². The maximum Gasteiger partial charge on any atom is 0.294 e. The Hall–Kier alpha value is -3.30. The van der Waals surface area contributed by atoms with Crippen LogP contribution in [-0.2, 0) is 14.3 Å². The van der Waals surface area contributed by atoms with Crippen molar-refractivity contribution in [2.45, 2.75) is 19.8 Å². The number of carbonyl (C=O) groups is 3. The third-order valence-electron chi connectivity index (χ3n) is 6.71. The number of thioether (sulfide) groups is 1. The van der Waals surface area contributed by atoms with Gasteiger partial charge in [-0.3, -0.25) is 19.3 Å². The third-order valence-corrected chi connectivity index (χ3v) is 7.62. The minimum absolute atomic E-state index is 0.319. The lowest BCUT2D eigenvalue weighted by Crippen LogP contribution is -2.36. The summed E-state index contributed by atoms with van der Waals surface area (Å²) in [6.45, 7) is 6.90. The first-order valence-corrected chi connectivity index (χ1v) is 13.1. The number of carbonyl (C=O) groups excluding carboxylic acids is 3. The lowest BCUT2D eigenvalue weighted by molar-refractivity contribution is -0.127. The van der Waals surface area contributed by atoms with Crippen LogP contribution in [0, 0.1) is 6.92 Å². The van der Waals surface area contributed by atoms with Crippen LogP contribution < -0.4 is 15.1 Å². The quantitative estimate of drug-likeness (QED) is 0.591. The SMILES string of the molecule is Cc1cc(N2CCCC2)ccc1/C=C1\SC(=O)N(CC(=O)Nc2ccc(N3CCOCC3)cc2)C1=O. The maximum atomic E-state index is 12.9. The molecule has 3 fully saturated rings. The van der Waals surface area contributed by atoms with Crippen LogP contribution in [0.5, 0.6) is 0 Å².